The molecular weight excluding hydrogens is 372 g/mol. The van der Waals surface area contributed by atoms with E-state index in [2.05, 4.69) is 54.0 Å². The predicted molar refractivity (Wildman–Crippen MR) is 124 cm³/mol. The van der Waals surface area contributed by atoms with Crippen LogP contribution in [0.25, 0.3) is 11.3 Å². The first-order valence-corrected chi connectivity index (χ1v) is 10.2. The molecule has 1 aliphatic rings. The largest absolute Gasteiger partial charge is 0.364 e. The molecule has 3 rings (SSSR count). The van der Waals surface area contributed by atoms with Crippen molar-refractivity contribution in [1.82, 2.24) is 14.7 Å². The molecule has 0 aliphatic carbocycles. The van der Waals surface area contributed by atoms with Gasteiger partial charge in [-0.25, -0.2) is 4.68 Å². The van der Waals surface area contributed by atoms with Gasteiger partial charge < -0.3 is 10.6 Å². The smallest absolute Gasteiger partial charge is 0.269 e. The number of likely N-dealkylation sites (N-methyl/N-ethyl adjacent to an activating group) is 1. The van der Waals surface area contributed by atoms with E-state index in [9.17, 15) is 4.79 Å². The zero-order chi connectivity index (χ0) is 21.7. The molecule has 5 nitrogen and oxygen atoms in total. The van der Waals surface area contributed by atoms with Gasteiger partial charge in [0.15, 0.2) is 5.69 Å². The minimum atomic E-state index is -0.522. The lowest BCUT2D eigenvalue weighted by molar-refractivity contribution is 0.0995. The molecule has 0 fully saturated rings. The van der Waals surface area contributed by atoms with Crippen molar-refractivity contribution < 1.29 is 4.79 Å². The molecule has 1 aliphatic heterocycles. The number of hydrogen-bond acceptors (Lipinski definition) is 3. The van der Waals surface area contributed by atoms with Crippen molar-refractivity contribution in [3.63, 3.8) is 0 Å². The molecule has 0 atom stereocenters. The number of hydrogen-bond donors (Lipinski definition) is 1. The predicted octanol–water partition coefficient (Wildman–Crippen LogP) is 4.23. The average Bonchev–Trinajstić information content (AvgIpc) is 3.14. The van der Waals surface area contributed by atoms with Gasteiger partial charge in [-0.05, 0) is 68.2 Å². The second-order valence-electron chi connectivity index (χ2n) is 7.82. The van der Waals surface area contributed by atoms with Crippen LogP contribution < -0.4 is 5.73 Å². The summed E-state index contributed by atoms with van der Waals surface area (Å²) in [4.78, 5) is 13.7. The summed E-state index contributed by atoms with van der Waals surface area (Å²) in [6, 6.07) is 10.5. The lowest BCUT2D eigenvalue weighted by Crippen LogP contribution is -2.23. The molecule has 5 heteroatoms. The fourth-order valence-corrected chi connectivity index (χ4v) is 3.55. The van der Waals surface area contributed by atoms with Crippen LogP contribution in [0.15, 0.2) is 66.8 Å². The number of aryl methyl sites for hydroxylation is 1. The first-order valence-electron chi connectivity index (χ1n) is 10.2. The van der Waals surface area contributed by atoms with Gasteiger partial charge in [0.25, 0.3) is 5.91 Å². The van der Waals surface area contributed by atoms with E-state index in [-0.39, 0.29) is 5.69 Å². The number of nitrogens with two attached hydrogens (primary N) is 1. The summed E-state index contributed by atoms with van der Waals surface area (Å²) in [6.07, 6.45) is 10.1. The van der Waals surface area contributed by atoms with E-state index in [1.165, 1.54) is 16.7 Å². The Morgan fingerprint density at radius 2 is 2.00 bits per heavy atom. The highest BCUT2D eigenvalue weighted by atomic mass is 16.1. The number of allylic oxidation sites excluding steroid dienone is 5. The molecule has 0 spiro atoms. The van der Waals surface area contributed by atoms with Crippen molar-refractivity contribution in [2.45, 2.75) is 26.7 Å². The number of carbonyl (C=O) groups excluding carboxylic acids is 1. The van der Waals surface area contributed by atoms with Crippen molar-refractivity contribution in [3.05, 3.63) is 89.3 Å². The maximum Gasteiger partial charge on any atom is 0.269 e. The molecule has 1 amide bonds. The van der Waals surface area contributed by atoms with Gasteiger partial charge in [-0.2, -0.15) is 5.10 Å². The Morgan fingerprint density at radius 1 is 1.27 bits per heavy atom. The Labute approximate surface area is 178 Å². The van der Waals surface area contributed by atoms with Gasteiger partial charge in [-0.3, -0.25) is 4.79 Å². The van der Waals surface area contributed by atoms with Crippen LogP contribution in [0.4, 0.5) is 0 Å². The minimum absolute atomic E-state index is 0.271. The highest BCUT2D eigenvalue weighted by molar-refractivity contribution is 5.91. The molecular formula is C25H30N4O. The molecule has 1 aromatic carbocycles. The summed E-state index contributed by atoms with van der Waals surface area (Å²) in [7, 11) is 2.15. The van der Waals surface area contributed by atoms with Gasteiger partial charge in [0.05, 0.1) is 0 Å². The first kappa shape index (κ1) is 21.5. The second kappa shape index (κ2) is 9.55. The Morgan fingerprint density at radius 3 is 2.57 bits per heavy atom. The third-order valence-electron chi connectivity index (χ3n) is 5.42. The van der Waals surface area contributed by atoms with Gasteiger partial charge in [0.1, 0.15) is 0 Å². The lowest BCUT2D eigenvalue weighted by Gasteiger charge is -2.22. The number of benzene rings is 1. The molecule has 30 heavy (non-hydrogen) atoms. The van der Waals surface area contributed by atoms with Crippen LogP contribution in [0.1, 0.15) is 40.7 Å². The normalized spacial score (nSPS) is 15.8. The summed E-state index contributed by atoms with van der Waals surface area (Å²) < 4.78 is 1.72. The standard InChI is InChI=1S/C25H30N4O/c1-5-20(7-6-18(2)29-19(3)16-24(27-29)25(26)30)17-21-8-10-22(11-9-21)23-12-14-28(4)15-13-23/h5-12,16H,1,13-15,17H2,2-4H3,(H2,26,30)/b18-6+,20-7+. The maximum absolute atomic E-state index is 11.3. The third kappa shape index (κ3) is 5.24. The number of carbonyl (C=O) groups is 1. The quantitative estimate of drug-likeness (QED) is 0.705. The Bertz CT molecular complexity index is 1020. The molecule has 2 heterocycles. The van der Waals surface area contributed by atoms with E-state index in [0.29, 0.717) is 0 Å². The Hall–Kier alpha value is -3.18. The highest BCUT2D eigenvalue weighted by Gasteiger charge is 2.10. The average molecular weight is 403 g/mol. The molecule has 156 valence electrons. The number of rotatable bonds is 7. The third-order valence-corrected chi connectivity index (χ3v) is 5.42. The monoisotopic (exact) mass is 402 g/mol. The van der Waals surface area contributed by atoms with E-state index in [1.54, 1.807) is 10.7 Å². The lowest BCUT2D eigenvalue weighted by atomic mass is 9.97. The van der Waals surface area contributed by atoms with Gasteiger partial charge in [0.2, 0.25) is 0 Å². The van der Waals surface area contributed by atoms with Gasteiger partial charge in [-0.1, -0.05) is 49.1 Å². The van der Waals surface area contributed by atoms with E-state index in [0.717, 1.165) is 42.9 Å². The van der Waals surface area contributed by atoms with Crippen molar-refractivity contribution in [2.75, 3.05) is 20.1 Å². The van der Waals surface area contributed by atoms with Crippen LogP contribution in [0.2, 0.25) is 0 Å². The molecule has 1 aromatic heterocycles. The summed E-state index contributed by atoms with van der Waals surface area (Å²) in [5.41, 5.74) is 12.5. The van der Waals surface area contributed by atoms with E-state index >= 15 is 0 Å². The van der Waals surface area contributed by atoms with Gasteiger partial charge in [0, 0.05) is 24.5 Å². The molecule has 0 saturated carbocycles. The Kier molecular flexibility index (Phi) is 6.85. The van der Waals surface area contributed by atoms with E-state index in [1.807, 2.05) is 32.1 Å². The van der Waals surface area contributed by atoms with Crippen LogP contribution in [-0.4, -0.2) is 40.7 Å². The Balaban J connectivity index is 1.71. The van der Waals surface area contributed by atoms with Crippen LogP contribution in [0.3, 0.4) is 0 Å². The molecule has 0 saturated heterocycles. The van der Waals surface area contributed by atoms with Crippen LogP contribution >= 0.6 is 0 Å². The van der Waals surface area contributed by atoms with Gasteiger partial charge >= 0.3 is 0 Å². The van der Waals surface area contributed by atoms with Crippen molar-refractivity contribution >= 4 is 17.2 Å². The number of primary amides is 1. The fraction of sp³-hybridized carbons (Fsp3) is 0.280. The molecule has 2 N–H and O–H groups in total. The van der Waals surface area contributed by atoms with Gasteiger partial charge in [-0.15, -0.1) is 0 Å². The van der Waals surface area contributed by atoms with Crippen LogP contribution in [0, 0.1) is 6.92 Å². The first-order chi connectivity index (χ1) is 14.4. The summed E-state index contributed by atoms with van der Waals surface area (Å²) in [5, 5.41) is 4.27. The number of nitrogens with zero attached hydrogens (tertiary/aromatic N) is 3. The van der Waals surface area contributed by atoms with E-state index in [4.69, 9.17) is 5.73 Å². The minimum Gasteiger partial charge on any atom is -0.364 e. The summed E-state index contributed by atoms with van der Waals surface area (Å²) >= 11 is 0. The topological polar surface area (TPSA) is 64.2 Å². The van der Waals surface area contributed by atoms with Crippen LogP contribution in [-0.2, 0) is 6.42 Å². The SMILES string of the molecule is C=C/C(=C\C=C(/C)n1nc(C(N)=O)cc1C)Cc1ccc(C2=CCN(C)CC2)cc1. The molecule has 0 bridgehead atoms. The molecule has 0 radical (unpaired) electrons. The summed E-state index contributed by atoms with van der Waals surface area (Å²) in [5.74, 6) is -0.522. The fourth-order valence-electron chi connectivity index (χ4n) is 3.55. The second-order valence-corrected chi connectivity index (χ2v) is 7.82. The number of aromatic nitrogens is 2. The van der Waals surface area contributed by atoms with E-state index < -0.39 is 5.91 Å². The maximum atomic E-state index is 11.3. The summed E-state index contributed by atoms with van der Waals surface area (Å²) in [6.45, 7) is 9.93. The zero-order valence-corrected chi connectivity index (χ0v) is 18.1. The van der Waals surface area contributed by atoms with Crippen molar-refractivity contribution in [2.24, 2.45) is 5.73 Å². The van der Waals surface area contributed by atoms with Crippen molar-refractivity contribution in [3.8, 4) is 0 Å². The molecule has 2 aromatic rings. The van der Waals surface area contributed by atoms with Crippen LogP contribution in [0.5, 0.6) is 0 Å². The number of amides is 1. The zero-order valence-electron chi connectivity index (χ0n) is 18.1. The molecule has 0 unspecified atom stereocenters. The highest BCUT2D eigenvalue weighted by Crippen LogP contribution is 2.23. The van der Waals surface area contributed by atoms with Crippen molar-refractivity contribution in [1.29, 1.82) is 0 Å².